The van der Waals surface area contributed by atoms with Crippen LogP contribution in [0.2, 0.25) is 0 Å². The number of amides is 1. The number of sulfonamides is 1. The van der Waals surface area contributed by atoms with Crippen molar-refractivity contribution in [2.75, 3.05) is 16.2 Å². The van der Waals surface area contributed by atoms with Gasteiger partial charge in [0, 0.05) is 30.3 Å². The molecule has 8 nitrogen and oxygen atoms in total. The van der Waals surface area contributed by atoms with Crippen LogP contribution in [0.1, 0.15) is 18.4 Å². The second-order valence-corrected chi connectivity index (χ2v) is 8.40. The molecule has 27 heavy (non-hydrogen) atoms. The fourth-order valence-electron chi connectivity index (χ4n) is 3.20. The van der Waals surface area contributed by atoms with E-state index in [0.29, 0.717) is 12.2 Å². The summed E-state index contributed by atoms with van der Waals surface area (Å²) < 4.78 is 27.6. The number of anilines is 2. The molecule has 1 saturated carbocycles. The number of nitrogens with one attached hydrogen (secondary N) is 1. The van der Waals surface area contributed by atoms with Crippen LogP contribution in [0.15, 0.2) is 47.4 Å². The van der Waals surface area contributed by atoms with E-state index >= 15 is 0 Å². The Kier molecular flexibility index (Phi) is 4.11. The topological polar surface area (TPSA) is 110 Å². The first-order valence-electron chi connectivity index (χ1n) is 8.57. The Morgan fingerprint density at radius 2 is 1.96 bits per heavy atom. The maximum Gasteiger partial charge on any atom is 0.270 e. The molecular weight excluding hydrogens is 370 g/mol. The van der Waals surface area contributed by atoms with Gasteiger partial charge in [0.15, 0.2) is 0 Å². The van der Waals surface area contributed by atoms with Gasteiger partial charge in [0.1, 0.15) is 0 Å². The number of fused-ring (bicyclic) bond motifs is 1. The highest BCUT2D eigenvalue weighted by molar-refractivity contribution is 7.92. The molecular formula is C18H17N3O5S. The van der Waals surface area contributed by atoms with Gasteiger partial charge in [-0.15, -0.1) is 0 Å². The molecule has 0 atom stereocenters. The lowest BCUT2D eigenvalue weighted by Crippen LogP contribution is -2.30. The first kappa shape index (κ1) is 17.5. The molecule has 2 aromatic carbocycles. The Morgan fingerprint density at radius 1 is 1.19 bits per heavy atom. The Balaban J connectivity index is 1.61. The Hall–Kier alpha value is -2.94. The lowest BCUT2D eigenvalue weighted by molar-refractivity contribution is -0.385. The number of hydrogen-bond acceptors (Lipinski definition) is 5. The monoisotopic (exact) mass is 387 g/mol. The van der Waals surface area contributed by atoms with Crippen LogP contribution in [0.25, 0.3) is 0 Å². The molecule has 1 aliphatic heterocycles. The van der Waals surface area contributed by atoms with Crippen molar-refractivity contribution in [2.24, 2.45) is 5.92 Å². The zero-order valence-electron chi connectivity index (χ0n) is 14.3. The number of rotatable bonds is 5. The van der Waals surface area contributed by atoms with E-state index in [-0.39, 0.29) is 22.4 Å². The molecule has 140 valence electrons. The van der Waals surface area contributed by atoms with Crippen molar-refractivity contribution >= 4 is 33.0 Å². The third-order valence-corrected chi connectivity index (χ3v) is 6.14. The van der Waals surface area contributed by atoms with Crippen LogP contribution in [0.5, 0.6) is 0 Å². The first-order valence-corrected chi connectivity index (χ1v) is 10.0. The summed E-state index contributed by atoms with van der Waals surface area (Å²) in [4.78, 5) is 24.2. The maximum atomic E-state index is 12.6. The van der Waals surface area contributed by atoms with E-state index in [1.807, 2.05) is 0 Å². The van der Waals surface area contributed by atoms with Crippen LogP contribution in [0.4, 0.5) is 17.1 Å². The van der Waals surface area contributed by atoms with Crippen molar-refractivity contribution in [2.45, 2.75) is 24.2 Å². The number of carbonyl (C=O) groups excluding carboxylic acids is 1. The van der Waals surface area contributed by atoms with Crippen molar-refractivity contribution in [3.8, 4) is 0 Å². The normalized spacial score (nSPS) is 16.1. The molecule has 0 unspecified atom stereocenters. The average Bonchev–Trinajstić information content (AvgIpc) is 3.41. The summed E-state index contributed by atoms with van der Waals surface area (Å²) in [5.41, 5.74) is 1.75. The van der Waals surface area contributed by atoms with E-state index in [0.717, 1.165) is 36.6 Å². The van der Waals surface area contributed by atoms with Crippen LogP contribution in [-0.2, 0) is 21.2 Å². The summed E-state index contributed by atoms with van der Waals surface area (Å²) >= 11 is 0. The van der Waals surface area contributed by atoms with Gasteiger partial charge < -0.3 is 4.90 Å². The number of carbonyl (C=O) groups is 1. The van der Waals surface area contributed by atoms with E-state index in [1.165, 1.54) is 18.2 Å². The zero-order chi connectivity index (χ0) is 19.2. The lowest BCUT2D eigenvalue weighted by atomic mass is 10.1. The molecule has 0 bridgehead atoms. The highest BCUT2D eigenvalue weighted by Gasteiger charge is 2.36. The molecule has 1 aliphatic carbocycles. The summed E-state index contributed by atoms with van der Waals surface area (Å²) in [5, 5.41) is 10.9. The number of non-ortho nitro benzene ring substituents is 1. The SMILES string of the molecule is O=C(C1CC1)N1CCc2ccc(NS(=O)(=O)c3cccc([N+](=O)[O-])c3)cc21. The minimum Gasteiger partial charge on any atom is -0.312 e. The van der Waals surface area contributed by atoms with Gasteiger partial charge in [-0.05, 0) is 43.0 Å². The summed E-state index contributed by atoms with van der Waals surface area (Å²) in [6, 6.07) is 9.96. The third-order valence-electron chi connectivity index (χ3n) is 4.76. The van der Waals surface area contributed by atoms with Crippen LogP contribution in [0.3, 0.4) is 0 Å². The second kappa shape index (κ2) is 6.34. The van der Waals surface area contributed by atoms with Gasteiger partial charge in [-0.25, -0.2) is 8.42 Å². The molecule has 0 aromatic heterocycles. The van der Waals surface area contributed by atoms with E-state index in [9.17, 15) is 23.3 Å². The number of nitrogens with zero attached hydrogens (tertiary/aromatic N) is 2. The van der Waals surface area contributed by atoms with Crippen LogP contribution < -0.4 is 9.62 Å². The highest BCUT2D eigenvalue weighted by atomic mass is 32.2. The highest BCUT2D eigenvalue weighted by Crippen LogP contribution is 2.37. The van der Waals surface area contributed by atoms with E-state index in [1.54, 1.807) is 23.1 Å². The minimum atomic E-state index is -3.99. The smallest absolute Gasteiger partial charge is 0.270 e. The van der Waals surface area contributed by atoms with E-state index in [2.05, 4.69) is 4.72 Å². The Labute approximate surface area is 156 Å². The molecule has 1 N–H and O–H groups in total. The third kappa shape index (κ3) is 3.37. The van der Waals surface area contributed by atoms with Crippen molar-refractivity contribution in [3.63, 3.8) is 0 Å². The number of hydrogen-bond donors (Lipinski definition) is 1. The molecule has 1 amide bonds. The Morgan fingerprint density at radius 3 is 2.67 bits per heavy atom. The summed E-state index contributed by atoms with van der Waals surface area (Å²) in [6.07, 6.45) is 2.55. The predicted molar refractivity (Wildman–Crippen MR) is 99.1 cm³/mol. The first-order chi connectivity index (χ1) is 12.8. The fraction of sp³-hybridized carbons (Fsp3) is 0.278. The van der Waals surface area contributed by atoms with Gasteiger partial charge in [0.05, 0.1) is 15.5 Å². The molecule has 0 saturated heterocycles. The van der Waals surface area contributed by atoms with Crippen molar-refractivity contribution in [1.29, 1.82) is 0 Å². The second-order valence-electron chi connectivity index (χ2n) is 6.72. The molecule has 1 heterocycles. The number of benzene rings is 2. The average molecular weight is 387 g/mol. The number of nitro groups is 1. The van der Waals surface area contributed by atoms with Crippen LogP contribution in [0, 0.1) is 16.0 Å². The van der Waals surface area contributed by atoms with Gasteiger partial charge in [-0.2, -0.15) is 0 Å². The van der Waals surface area contributed by atoms with Crippen LogP contribution in [-0.4, -0.2) is 25.8 Å². The van der Waals surface area contributed by atoms with Crippen molar-refractivity contribution in [3.05, 3.63) is 58.1 Å². The van der Waals surface area contributed by atoms with E-state index < -0.39 is 14.9 Å². The lowest BCUT2D eigenvalue weighted by Gasteiger charge is -2.18. The minimum absolute atomic E-state index is 0.0844. The van der Waals surface area contributed by atoms with Gasteiger partial charge in [-0.1, -0.05) is 12.1 Å². The van der Waals surface area contributed by atoms with Gasteiger partial charge in [0.25, 0.3) is 15.7 Å². The quantitative estimate of drug-likeness (QED) is 0.626. The van der Waals surface area contributed by atoms with Crippen LogP contribution >= 0.6 is 0 Å². The fourth-order valence-corrected chi connectivity index (χ4v) is 4.29. The van der Waals surface area contributed by atoms with E-state index in [4.69, 9.17) is 0 Å². The zero-order valence-corrected chi connectivity index (χ0v) is 15.1. The van der Waals surface area contributed by atoms with Crippen molar-refractivity contribution in [1.82, 2.24) is 0 Å². The molecule has 1 fully saturated rings. The van der Waals surface area contributed by atoms with Gasteiger partial charge in [0.2, 0.25) is 5.91 Å². The molecule has 0 radical (unpaired) electrons. The summed E-state index contributed by atoms with van der Waals surface area (Å²) in [6.45, 7) is 0.603. The predicted octanol–water partition coefficient (Wildman–Crippen LogP) is 2.69. The summed E-state index contributed by atoms with van der Waals surface area (Å²) in [7, 11) is -3.99. The standard InChI is InChI=1S/C18H17N3O5S/c22-18(13-4-5-13)20-9-8-12-6-7-14(10-17(12)20)19-27(25,26)16-3-1-2-15(11-16)21(23)24/h1-3,6-7,10-11,13,19H,4-5,8-9H2. The molecule has 0 spiro atoms. The number of nitro benzene ring substituents is 1. The molecule has 2 aromatic rings. The molecule has 9 heteroatoms. The van der Waals surface area contributed by atoms with Gasteiger partial charge >= 0.3 is 0 Å². The van der Waals surface area contributed by atoms with Crippen molar-refractivity contribution < 1.29 is 18.1 Å². The maximum absolute atomic E-state index is 12.6. The largest absolute Gasteiger partial charge is 0.312 e. The molecule has 4 rings (SSSR count). The summed E-state index contributed by atoms with van der Waals surface area (Å²) in [5.74, 6) is 0.175. The molecule has 2 aliphatic rings. The van der Waals surface area contributed by atoms with Gasteiger partial charge in [-0.3, -0.25) is 19.6 Å². The Bertz CT molecular complexity index is 1050.